The van der Waals surface area contributed by atoms with Crippen molar-refractivity contribution in [2.75, 3.05) is 32.8 Å². The second-order valence-electron chi connectivity index (χ2n) is 8.36. The Labute approximate surface area is 162 Å². The smallest absolute Gasteiger partial charge is 0.222 e. The van der Waals surface area contributed by atoms with Gasteiger partial charge < -0.3 is 9.64 Å². The van der Waals surface area contributed by atoms with Crippen LogP contribution in [0.25, 0.3) is 0 Å². The number of nitrogens with zero attached hydrogens (tertiary/aromatic N) is 4. The van der Waals surface area contributed by atoms with Crippen molar-refractivity contribution < 1.29 is 9.53 Å². The zero-order valence-electron chi connectivity index (χ0n) is 16.8. The van der Waals surface area contributed by atoms with Gasteiger partial charge in [-0.2, -0.15) is 5.10 Å². The summed E-state index contributed by atoms with van der Waals surface area (Å²) in [5.74, 6) is 1.01. The second kappa shape index (κ2) is 8.74. The number of aryl methyl sites for hydroxylation is 1. The molecule has 1 aromatic rings. The Morgan fingerprint density at radius 2 is 1.93 bits per heavy atom. The highest BCUT2D eigenvalue weighted by Gasteiger charge is 2.27. The van der Waals surface area contributed by atoms with E-state index in [2.05, 4.69) is 21.4 Å². The van der Waals surface area contributed by atoms with Gasteiger partial charge >= 0.3 is 0 Å². The number of piperazine rings is 1. The molecule has 1 saturated heterocycles. The van der Waals surface area contributed by atoms with Gasteiger partial charge in [0.2, 0.25) is 5.91 Å². The van der Waals surface area contributed by atoms with Gasteiger partial charge in [-0.1, -0.05) is 19.3 Å². The number of aromatic nitrogens is 2. The van der Waals surface area contributed by atoms with Crippen molar-refractivity contribution in [3.05, 3.63) is 17.0 Å². The highest BCUT2D eigenvalue weighted by Crippen LogP contribution is 2.27. The van der Waals surface area contributed by atoms with Crippen LogP contribution in [0, 0.1) is 5.92 Å². The number of carbonyl (C=O) groups is 1. The van der Waals surface area contributed by atoms with Gasteiger partial charge in [0, 0.05) is 63.4 Å². The average molecular weight is 375 g/mol. The van der Waals surface area contributed by atoms with Crippen LogP contribution in [-0.2, 0) is 35.6 Å². The fraction of sp³-hybridized carbons (Fsp3) is 0.810. The Balaban J connectivity index is 1.29. The third-order valence-electron chi connectivity index (χ3n) is 6.57. The van der Waals surface area contributed by atoms with Crippen LogP contribution in [0.2, 0.25) is 0 Å². The lowest BCUT2D eigenvalue weighted by Crippen LogP contribution is -2.48. The lowest BCUT2D eigenvalue weighted by atomic mass is 9.86. The van der Waals surface area contributed by atoms with Crippen LogP contribution in [0.4, 0.5) is 0 Å². The normalized spacial score (nSPS) is 22.0. The molecule has 1 aliphatic carbocycles. The molecule has 0 atom stereocenters. The summed E-state index contributed by atoms with van der Waals surface area (Å²) in [6.45, 7) is 9.08. The highest BCUT2D eigenvalue weighted by molar-refractivity contribution is 5.76. The minimum absolute atomic E-state index is 0.377. The van der Waals surface area contributed by atoms with Crippen LogP contribution >= 0.6 is 0 Å². The van der Waals surface area contributed by atoms with Crippen molar-refractivity contribution in [1.82, 2.24) is 19.6 Å². The number of ether oxygens (including phenoxy) is 1. The Hall–Kier alpha value is -1.40. The summed E-state index contributed by atoms with van der Waals surface area (Å²) in [6, 6.07) is 0. The van der Waals surface area contributed by atoms with Gasteiger partial charge in [0.15, 0.2) is 0 Å². The van der Waals surface area contributed by atoms with Crippen molar-refractivity contribution in [2.24, 2.45) is 5.92 Å². The van der Waals surface area contributed by atoms with Crippen LogP contribution in [-0.4, -0.2) is 58.3 Å². The molecule has 150 valence electrons. The molecule has 1 saturated carbocycles. The maximum absolute atomic E-state index is 12.6. The molecule has 0 spiro atoms. The Kier molecular flexibility index (Phi) is 6.13. The molecule has 2 aliphatic heterocycles. The van der Waals surface area contributed by atoms with Gasteiger partial charge in [-0.15, -0.1) is 0 Å². The topological polar surface area (TPSA) is 50.6 Å². The standard InChI is InChI=1S/C21H34N4O2/c1-2-25-20-8-13-27-16-18(20)19(22-25)15-23-9-11-24(12-10-23)21(26)14-17-6-4-3-5-7-17/h17H,2-16H2,1H3. The number of rotatable bonds is 5. The van der Waals surface area contributed by atoms with E-state index in [0.717, 1.165) is 58.7 Å². The van der Waals surface area contributed by atoms with Crippen molar-refractivity contribution in [1.29, 1.82) is 0 Å². The van der Waals surface area contributed by atoms with Crippen LogP contribution in [0.1, 0.15) is 62.4 Å². The molecule has 0 aromatic carbocycles. The fourth-order valence-corrected chi connectivity index (χ4v) is 4.90. The second-order valence-corrected chi connectivity index (χ2v) is 8.36. The van der Waals surface area contributed by atoms with Gasteiger partial charge in [0.05, 0.1) is 18.9 Å². The van der Waals surface area contributed by atoms with Crippen LogP contribution in [0.3, 0.4) is 0 Å². The van der Waals surface area contributed by atoms with E-state index in [9.17, 15) is 4.79 Å². The average Bonchev–Trinajstić information content (AvgIpc) is 3.07. The SMILES string of the molecule is CCn1nc(CN2CCN(C(=O)CC3CCCCC3)CC2)c2c1CCOC2. The van der Waals surface area contributed by atoms with Crippen molar-refractivity contribution >= 4 is 5.91 Å². The van der Waals surface area contributed by atoms with Crippen molar-refractivity contribution in [3.63, 3.8) is 0 Å². The Morgan fingerprint density at radius 1 is 1.15 bits per heavy atom. The quantitative estimate of drug-likeness (QED) is 0.795. The summed E-state index contributed by atoms with van der Waals surface area (Å²) >= 11 is 0. The molecule has 2 fully saturated rings. The zero-order valence-corrected chi connectivity index (χ0v) is 16.8. The third-order valence-corrected chi connectivity index (χ3v) is 6.57. The van der Waals surface area contributed by atoms with Gasteiger partial charge in [0.1, 0.15) is 0 Å². The molecule has 0 N–H and O–H groups in total. The number of hydrogen-bond donors (Lipinski definition) is 0. The first kappa shape index (κ1) is 18.9. The molecular formula is C21H34N4O2. The molecule has 6 nitrogen and oxygen atoms in total. The van der Waals surface area contributed by atoms with Crippen LogP contribution in [0.15, 0.2) is 0 Å². The van der Waals surface area contributed by atoms with E-state index in [0.29, 0.717) is 18.4 Å². The van der Waals surface area contributed by atoms with E-state index in [-0.39, 0.29) is 0 Å². The van der Waals surface area contributed by atoms with Gasteiger partial charge in [-0.3, -0.25) is 14.4 Å². The molecule has 3 aliphatic rings. The van der Waals surface area contributed by atoms with E-state index in [4.69, 9.17) is 9.84 Å². The van der Waals surface area contributed by atoms with Crippen molar-refractivity contribution in [3.8, 4) is 0 Å². The fourth-order valence-electron chi connectivity index (χ4n) is 4.90. The summed E-state index contributed by atoms with van der Waals surface area (Å²) < 4.78 is 7.83. The lowest BCUT2D eigenvalue weighted by Gasteiger charge is -2.35. The van der Waals surface area contributed by atoms with Crippen molar-refractivity contribution in [2.45, 2.75) is 71.6 Å². The summed E-state index contributed by atoms with van der Waals surface area (Å²) in [4.78, 5) is 17.2. The summed E-state index contributed by atoms with van der Waals surface area (Å²) in [5, 5.41) is 4.85. The van der Waals surface area contributed by atoms with E-state index >= 15 is 0 Å². The minimum atomic E-state index is 0.377. The molecule has 6 heteroatoms. The first-order chi connectivity index (χ1) is 13.2. The highest BCUT2D eigenvalue weighted by atomic mass is 16.5. The van der Waals surface area contributed by atoms with Gasteiger partial charge in [0.25, 0.3) is 0 Å². The number of carbonyl (C=O) groups excluding carboxylic acids is 1. The molecular weight excluding hydrogens is 340 g/mol. The number of hydrogen-bond acceptors (Lipinski definition) is 4. The summed E-state index contributed by atoms with van der Waals surface area (Å²) in [7, 11) is 0. The molecule has 27 heavy (non-hydrogen) atoms. The maximum Gasteiger partial charge on any atom is 0.222 e. The molecule has 4 rings (SSSR count). The monoisotopic (exact) mass is 374 g/mol. The third kappa shape index (κ3) is 4.37. The molecule has 0 unspecified atom stereocenters. The molecule has 3 heterocycles. The predicted molar refractivity (Wildman–Crippen MR) is 104 cm³/mol. The van der Waals surface area contributed by atoms with Gasteiger partial charge in [-0.05, 0) is 25.7 Å². The summed E-state index contributed by atoms with van der Waals surface area (Å²) in [6.07, 6.45) is 8.21. The van der Waals surface area contributed by atoms with Crippen LogP contribution < -0.4 is 0 Å². The Morgan fingerprint density at radius 3 is 2.67 bits per heavy atom. The number of fused-ring (bicyclic) bond motifs is 1. The Bertz CT molecular complexity index is 643. The van der Waals surface area contributed by atoms with E-state index in [1.54, 1.807) is 0 Å². The van der Waals surface area contributed by atoms with E-state index in [1.165, 1.54) is 49.1 Å². The molecule has 0 bridgehead atoms. The largest absolute Gasteiger partial charge is 0.376 e. The molecule has 1 amide bonds. The maximum atomic E-state index is 12.6. The first-order valence-corrected chi connectivity index (χ1v) is 10.9. The van der Waals surface area contributed by atoms with E-state index in [1.807, 2.05) is 0 Å². The zero-order chi connectivity index (χ0) is 18.6. The predicted octanol–water partition coefficient (Wildman–Crippen LogP) is 2.59. The number of amides is 1. The first-order valence-electron chi connectivity index (χ1n) is 10.9. The summed E-state index contributed by atoms with van der Waals surface area (Å²) in [5.41, 5.74) is 3.84. The van der Waals surface area contributed by atoms with Gasteiger partial charge in [-0.25, -0.2) is 0 Å². The molecule has 0 radical (unpaired) electrons. The minimum Gasteiger partial charge on any atom is -0.376 e. The van der Waals surface area contributed by atoms with Crippen LogP contribution in [0.5, 0.6) is 0 Å². The van der Waals surface area contributed by atoms with E-state index < -0.39 is 0 Å². The molecule has 1 aromatic heterocycles. The lowest BCUT2D eigenvalue weighted by molar-refractivity contribution is -0.134.